The number of hydrogen-bond acceptors (Lipinski definition) is 1. The molecule has 136 valence electrons. The number of halogens is 5. The average Bonchev–Trinajstić information content (AvgIpc) is 2.98. The highest BCUT2D eigenvalue weighted by atomic mass is 19.4. The number of carbonyl (C=O) groups is 1. The molecule has 1 saturated carbocycles. The van der Waals surface area contributed by atoms with E-state index in [9.17, 15) is 26.7 Å². The van der Waals surface area contributed by atoms with Crippen LogP contribution in [0.15, 0.2) is 34.9 Å². The molecule has 0 aromatic rings. The fourth-order valence-electron chi connectivity index (χ4n) is 5.22. The first-order chi connectivity index (χ1) is 11.7. The first-order valence-electron chi connectivity index (χ1n) is 8.78. The van der Waals surface area contributed by atoms with E-state index < -0.39 is 18.0 Å². The summed E-state index contributed by atoms with van der Waals surface area (Å²) in [5.41, 5.74) is 3.22. The van der Waals surface area contributed by atoms with E-state index >= 15 is 0 Å². The molecule has 1 fully saturated rings. The molecule has 4 atom stereocenters. The quantitative estimate of drug-likeness (QED) is 0.574. The number of ketones is 1. The monoisotopic (exact) mass is 358 g/mol. The lowest BCUT2D eigenvalue weighted by molar-refractivity contribution is -0.302. The molecule has 0 amide bonds. The van der Waals surface area contributed by atoms with Gasteiger partial charge in [0.15, 0.2) is 5.78 Å². The molecule has 0 bridgehead atoms. The molecule has 0 aromatic heterocycles. The number of fused-ring (bicyclic) bond motifs is 4. The van der Waals surface area contributed by atoms with Crippen molar-refractivity contribution in [1.82, 2.24) is 0 Å². The first-order valence-corrected chi connectivity index (χ1v) is 8.78. The van der Waals surface area contributed by atoms with Crippen LogP contribution in [0.4, 0.5) is 22.0 Å². The van der Waals surface area contributed by atoms with Gasteiger partial charge >= 0.3 is 12.1 Å². The summed E-state index contributed by atoms with van der Waals surface area (Å²) < 4.78 is 65.8. The molecule has 0 radical (unpaired) electrons. The maximum atomic E-state index is 13.8. The van der Waals surface area contributed by atoms with Crippen LogP contribution in [0, 0.1) is 23.7 Å². The van der Waals surface area contributed by atoms with E-state index in [2.05, 4.69) is 0 Å². The minimum Gasteiger partial charge on any atom is -0.295 e. The molecule has 1 nitrogen and oxygen atoms in total. The van der Waals surface area contributed by atoms with Crippen LogP contribution in [0.25, 0.3) is 0 Å². The molecule has 25 heavy (non-hydrogen) atoms. The van der Waals surface area contributed by atoms with Crippen LogP contribution in [0.5, 0.6) is 0 Å². The molecule has 4 rings (SSSR count). The zero-order valence-corrected chi connectivity index (χ0v) is 13.6. The Balaban J connectivity index is 1.64. The second-order valence-electron chi connectivity index (χ2n) is 7.69. The van der Waals surface area contributed by atoms with E-state index in [-0.39, 0.29) is 36.4 Å². The predicted molar refractivity (Wildman–Crippen MR) is 81.9 cm³/mol. The van der Waals surface area contributed by atoms with Crippen LogP contribution in [0.1, 0.15) is 38.5 Å². The van der Waals surface area contributed by atoms with Crippen molar-refractivity contribution < 1.29 is 26.7 Å². The number of carbonyl (C=O) groups excluding carboxylic acids is 1. The lowest BCUT2D eigenvalue weighted by atomic mass is 9.66. The van der Waals surface area contributed by atoms with E-state index in [1.165, 1.54) is 0 Å². The van der Waals surface area contributed by atoms with E-state index in [1.807, 2.05) is 12.2 Å². The summed E-state index contributed by atoms with van der Waals surface area (Å²) >= 11 is 0. The van der Waals surface area contributed by atoms with Crippen LogP contribution in [0.2, 0.25) is 0 Å². The number of hydrogen-bond donors (Lipinski definition) is 0. The van der Waals surface area contributed by atoms with Gasteiger partial charge in [-0.25, -0.2) is 0 Å². The van der Waals surface area contributed by atoms with Gasteiger partial charge in [-0.3, -0.25) is 4.79 Å². The summed E-state index contributed by atoms with van der Waals surface area (Å²) in [5.74, 6) is -6.46. The van der Waals surface area contributed by atoms with Gasteiger partial charge in [-0.15, -0.1) is 0 Å². The van der Waals surface area contributed by atoms with Crippen molar-refractivity contribution in [3.05, 3.63) is 34.9 Å². The Morgan fingerprint density at radius 3 is 2.48 bits per heavy atom. The summed E-state index contributed by atoms with van der Waals surface area (Å²) in [6.45, 7) is 0. The molecule has 0 aliphatic heterocycles. The Labute approximate surface area is 142 Å². The molecule has 0 spiro atoms. The Hall–Kier alpha value is -1.46. The van der Waals surface area contributed by atoms with Crippen LogP contribution < -0.4 is 0 Å². The minimum absolute atomic E-state index is 0.0457. The average molecular weight is 358 g/mol. The molecule has 0 saturated heterocycles. The van der Waals surface area contributed by atoms with Gasteiger partial charge in [0.05, 0.1) is 0 Å². The lowest BCUT2D eigenvalue weighted by Gasteiger charge is -2.39. The Bertz CT molecular complexity index is 697. The van der Waals surface area contributed by atoms with Gasteiger partial charge < -0.3 is 0 Å². The fraction of sp³-hybridized carbons (Fsp3) is 0.632. The van der Waals surface area contributed by atoms with Crippen LogP contribution in [-0.2, 0) is 4.79 Å². The van der Waals surface area contributed by atoms with E-state index in [1.54, 1.807) is 6.08 Å². The fourth-order valence-corrected chi connectivity index (χ4v) is 5.22. The molecular weight excluding hydrogens is 339 g/mol. The van der Waals surface area contributed by atoms with Crippen LogP contribution in [-0.4, -0.2) is 17.9 Å². The zero-order chi connectivity index (χ0) is 18.0. The highest BCUT2D eigenvalue weighted by Gasteiger charge is 2.64. The molecule has 1 unspecified atom stereocenters. The van der Waals surface area contributed by atoms with Crippen molar-refractivity contribution in [2.75, 3.05) is 0 Å². The molecule has 6 heteroatoms. The van der Waals surface area contributed by atoms with E-state index in [0.717, 1.165) is 23.1 Å². The molecule has 4 aliphatic carbocycles. The van der Waals surface area contributed by atoms with E-state index in [4.69, 9.17) is 0 Å². The van der Waals surface area contributed by atoms with Crippen molar-refractivity contribution >= 4 is 5.78 Å². The molecule has 4 aliphatic rings. The second-order valence-corrected chi connectivity index (χ2v) is 7.69. The van der Waals surface area contributed by atoms with Crippen molar-refractivity contribution in [2.45, 2.75) is 50.6 Å². The largest absolute Gasteiger partial charge is 0.453 e. The van der Waals surface area contributed by atoms with Crippen molar-refractivity contribution in [3.63, 3.8) is 0 Å². The number of rotatable bonds is 1. The maximum absolute atomic E-state index is 13.8. The Morgan fingerprint density at radius 1 is 1.00 bits per heavy atom. The lowest BCUT2D eigenvalue weighted by Crippen LogP contribution is -2.42. The zero-order valence-electron chi connectivity index (χ0n) is 13.6. The topological polar surface area (TPSA) is 17.1 Å². The maximum Gasteiger partial charge on any atom is 0.453 e. The van der Waals surface area contributed by atoms with Gasteiger partial charge in [0.25, 0.3) is 0 Å². The number of allylic oxidation sites excluding steroid dienone is 6. The summed E-state index contributed by atoms with van der Waals surface area (Å²) in [7, 11) is 0. The van der Waals surface area contributed by atoms with Crippen molar-refractivity contribution in [3.8, 4) is 0 Å². The van der Waals surface area contributed by atoms with Gasteiger partial charge in [-0.05, 0) is 72.7 Å². The molecule has 0 N–H and O–H groups in total. The third kappa shape index (κ3) is 2.59. The molecule has 0 aromatic carbocycles. The second kappa shape index (κ2) is 5.52. The number of alkyl halides is 5. The summed E-state index contributed by atoms with van der Waals surface area (Å²) in [5, 5.41) is 0. The SMILES string of the molecule is O=C1C=C2CC[C@@H]3C(=C2CC1)C=C[C@@H]1CC(C(F)(F)C(F)(F)F)C[C@H]13. The Morgan fingerprint density at radius 2 is 1.76 bits per heavy atom. The van der Waals surface area contributed by atoms with Crippen LogP contribution >= 0.6 is 0 Å². The Kier molecular flexibility index (Phi) is 3.75. The summed E-state index contributed by atoms with van der Waals surface area (Å²) in [6.07, 6.45) is 2.31. The third-order valence-electron chi connectivity index (χ3n) is 6.41. The molecule has 0 heterocycles. The van der Waals surface area contributed by atoms with Gasteiger partial charge in [-0.1, -0.05) is 12.2 Å². The highest BCUT2D eigenvalue weighted by molar-refractivity contribution is 5.93. The van der Waals surface area contributed by atoms with Crippen molar-refractivity contribution in [2.24, 2.45) is 23.7 Å². The highest BCUT2D eigenvalue weighted by Crippen LogP contribution is 2.57. The van der Waals surface area contributed by atoms with Gasteiger partial charge in [0.2, 0.25) is 0 Å². The van der Waals surface area contributed by atoms with Gasteiger partial charge in [-0.2, -0.15) is 22.0 Å². The summed E-state index contributed by atoms with van der Waals surface area (Å²) in [4.78, 5) is 11.6. The first kappa shape index (κ1) is 17.0. The van der Waals surface area contributed by atoms with Crippen LogP contribution in [0.3, 0.4) is 0 Å². The normalized spacial score (nSPS) is 35.2. The van der Waals surface area contributed by atoms with Crippen molar-refractivity contribution in [1.29, 1.82) is 0 Å². The standard InChI is InChI=1S/C19H19F5O/c20-18(21,19(22,23)24)12-7-10-1-4-15-14-6-3-13(25)8-11(14)2-5-16(15)17(10)9-12/h1,4,8,10,12,16-17H,2-3,5-7,9H2/t10-,12?,16-,17-/m1/s1. The third-order valence-corrected chi connectivity index (χ3v) is 6.41. The van der Waals surface area contributed by atoms with E-state index in [0.29, 0.717) is 19.3 Å². The minimum atomic E-state index is -5.48. The smallest absolute Gasteiger partial charge is 0.295 e. The summed E-state index contributed by atoms with van der Waals surface area (Å²) in [6, 6.07) is 0. The van der Waals surface area contributed by atoms with Gasteiger partial charge in [0, 0.05) is 12.3 Å². The molecular formula is C19H19F5O. The van der Waals surface area contributed by atoms with Gasteiger partial charge in [0.1, 0.15) is 0 Å². The predicted octanol–water partition coefficient (Wildman–Crippen LogP) is 5.39.